The predicted molar refractivity (Wildman–Crippen MR) is 91.0 cm³/mol. The van der Waals surface area contributed by atoms with Crippen molar-refractivity contribution in [2.45, 2.75) is 18.9 Å². The average molecular weight is 358 g/mol. The highest BCUT2D eigenvalue weighted by Gasteiger charge is 2.51. The van der Waals surface area contributed by atoms with Crippen LogP contribution in [0.15, 0.2) is 34.7 Å². The molecule has 26 heavy (non-hydrogen) atoms. The van der Waals surface area contributed by atoms with Crippen molar-refractivity contribution in [2.75, 3.05) is 13.6 Å². The number of benzene rings is 1. The quantitative estimate of drug-likeness (QED) is 0.706. The molecule has 136 valence electrons. The van der Waals surface area contributed by atoms with Crippen LogP contribution < -0.4 is 16.0 Å². The number of nitrogens with zero attached hydrogens (tertiary/aromatic N) is 1. The minimum absolute atomic E-state index is 0.149. The Morgan fingerprint density at radius 3 is 2.69 bits per heavy atom. The van der Waals surface area contributed by atoms with Crippen LogP contribution in [0.3, 0.4) is 0 Å². The third kappa shape index (κ3) is 2.99. The molecular formula is C17H18N4O5. The summed E-state index contributed by atoms with van der Waals surface area (Å²) in [5, 5.41) is 7.75. The molecule has 9 nitrogen and oxygen atoms in total. The molecule has 0 saturated carbocycles. The Kier molecular flexibility index (Phi) is 4.37. The van der Waals surface area contributed by atoms with Gasteiger partial charge in [-0.15, -0.1) is 0 Å². The van der Waals surface area contributed by atoms with E-state index in [0.29, 0.717) is 11.3 Å². The van der Waals surface area contributed by atoms with Gasteiger partial charge in [0.2, 0.25) is 5.91 Å². The van der Waals surface area contributed by atoms with Crippen LogP contribution in [0.1, 0.15) is 19.1 Å². The van der Waals surface area contributed by atoms with Crippen molar-refractivity contribution in [3.05, 3.63) is 36.1 Å². The van der Waals surface area contributed by atoms with Crippen LogP contribution in [0.25, 0.3) is 11.0 Å². The average Bonchev–Trinajstić information content (AvgIpc) is 3.14. The number of fused-ring (bicyclic) bond motifs is 1. The third-order valence-electron chi connectivity index (χ3n) is 4.24. The number of para-hydroxylation sites is 1. The van der Waals surface area contributed by atoms with E-state index >= 15 is 0 Å². The van der Waals surface area contributed by atoms with Crippen LogP contribution in [0.5, 0.6) is 0 Å². The molecule has 0 unspecified atom stereocenters. The van der Waals surface area contributed by atoms with Gasteiger partial charge in [0, 0.05) is 25.4 Å². The standard InChI is InChI=1S/C17H18N4O5/c1-17(12-9-10-5-3-4-6-11(10)26-12)14(23)21(16(25)20-17)8-7-13(22)19-15(24)18-2/h3-6,9H,7-8H2,1-2H3,(H,20,25)(H2,18,19,22,24)/t17-/m0/s1. The number of rotatable bonds is 4. The predicted octanol–water partition coefficient (Wildman–Crippen LogP) is 1.05. The van der Waals surface area contributed by atoms with Gasteiger partial charge in [0.05, 0.1) is 0 Å². The van der Waals surface area contributed by atoms with Crippen LogP contribution >= 0.6 is 0 Å². The Labute approximate surface area is 148 Å². The topological polar surface area (TPSA) is 121 Å². The second kappa shape index (κ2) is 6.51. The van der Waals surface area contributed by atoms with Gasteiger partial charge in [-0.3, -0.25) is 19.8 Å². The molecule has 0 radical (unpaired) electrons. The number of nitrogens with one attached hydrogen (secondary N) is 3. The molecule has 2 aromatic rings. The summed E-state index contributed by atoms with van der Waals surface area (Å²) in [7, 11) is 1.37. The molecule has 9 heteroatoms. The van der Waals surface area contributed by atoms with E-state index in [9.17, 15) is 19.2 Å². The number of urea groups is 2. The maximum Gasteiger partial charge on any atom is 0.325 e. The Morgan fingerprint density at radius 1 is 1.27 bits per heavy atom. The lowest BCUT2D eigenvalue weighted by Crippen LogP contribution is -2.42. The van der Waals surface area contributed by atoms with Crippen molar-refractivity contribution in [3.63, 3.8) is 0 Å². The van der Waals surface area contributed by atoms with E-state index in [1.54, 1.807) is 19.1 Å². The zero-order chi connectivity index (χ0) is 18.9. The molecule has 3 N–H and O–H groups in total. The smallest absolute Gasteiger partial charge is 0.325 e. The number of carbonyl (C=O) groups is 4. The van der Waals surface area contributed by atoms with Gasteiger partial charge in [-0.05, 0) is 19.1 Å². The van der Waals surface area contributed by atoms with E-state index in [2.05, 4.69) is 16.0 Å². The van der Waals surface area contributed by atoms with Crippen LogP contribution in [-0.2, 0) is 15.1 Å². The summed E-state index contributed by atoms with van der Waals surface area (Å²) in [6.07, 6.45) is -0.192. The third-order valence-corrected chi connectivity index (χ3v) is 4.24. The molecule has 0 aliphatic carbocycles. The molecule has 1 aromatic carbocycles. The van der Waals surface area contributed by atoms with Crippen molar-refractivity contribution in [1.29, 1.82) is 0 Å². The molecule has 0 bridgehead atoms. The summed E-state index contributed by atoms with van der Waals surface area (Å²) in [6, 6.07) is 7.69. The van der Waals surface area contributed by atoms with E-state index in [1.807, 2.05) is 18.2 Å². The number of imide groups is 2. The van der Waals surface area contributed by atoms with Gasteiger partial charge in [-0.25, -0.2) is 9.59 Å². The Hall–Kier alpha value is -3.36. The second-order valence-electron chi connectivity index (χ2n) is 6.04. The van der Waals surface area contributed by atoms with E-state index < -0.39 is 29.4 Å². The van der Waals surface area contributed by atoms with Gasteiger partial charge in [0.1, 0.15) is 11.3 Å². The first-order valence-corrected chi connectivity index (χ1v) is 8.00. The van der Waals surface area contributed by atoms with Gasteiger partial charge in [0.15, 0.2) is 5.54 Å². The first-order valence-electron chi connectivity index (χ1n) is 8.00. The zero-order valence-corrected chi connectivity index (χ0v) is 14.3. The molecule has 1 aliphatic rings. The highest BCUT2D eigenvalue weighted by molar-refractivity contribution is 6.07. The van der Waals surface area contributed by atoms with E-state index in [-0.39, 0.29) is 13.0 Å². The Bertz CT molecular complexity index is 872. The molecule has 1 aliphatic heterocycles. The fourth-order valence-electron chi connectivity index (χ4n) is 2.76. The van der Waals surface area contributed by atoms with Gasteiger partial charge in [-0.1, -0.05) is 18.2 Å². The summed E-state index contributed by atoms with van der Waals surface area (Å²) in [5.41, 5.74) is -0.748. The number of carbonyl (C=O) groups excluding carboxylic acids is 4. The van der Waals surface area contributed by atoms with Crippen molar-refractivity contribution in [1.82, 2.24) is 20.9 Å². The molecule has 1 aromatic heterocycles. The van der Waals surface area contributed by atoms with Crippen LogP contribution in [0.2, 0.25) is 0 Å². The van der Waals surface area contributed by atoms with Gasteiger partial charge in [-0.2, -0.15) is 0 Å². The van der Waals surface area contributed by atoms with Crippen molar-refractivity contribution >= 4 is 34.8 Å². The zero-order valence-electron chi connectivity index (χ0n) is 14.3. The summed E-state index contributed by atoms with van der Waals surface area (Å²) >= 11 is 0. The Balaban J connectivity index is 1.75. The molecule has 0 spiro atoms. The van der Waals surface area contributed by atoms with Crippen LogP contribution in [0, 0.1) is 0 Å². The lowest BCUT2D eigenvalue weighted by Gasteiger charge is -2.18. The van der Waals surface area contributed by atoms with Crippen LogP contribution in [-0.4, -0.2) is 42.4 Å². The second-order valence-corrected chi connectivity index (χ2v) is 6.04. The number of furan rings is 1. The first kappa shape index (κ1) is 17.5. The molecule has 1 saturated heterocycles. The minimum Gasteiger partial charge on any atom is -0.458 e. The fourth-order valence-corrected chi connectivity index (χ4v) is 2.76. The van der Waals surface area contributed by atoms with Gasteiger partial charge < -0.3 is 15.1 Å². The molecule has 1 fully saturated rings. The molecule has 3 rings (SSSR count). The normalized spacial score (nSPS) is 19.5. The van der Waals surface area contributed by atoms with E-state index in [0.717, 1.165) is 10.3 Å². The highest BCUT2D eigenvalue weighted by Crippen LogP contribution is 2.32. The number of amides is 6. The summed E-state index contributed by atoms with van der Waals surface area (Å²) < 4.78 is 5.72. The maximum absolute atomic E-state index is 12.8. The van der Waals surface area contributed by atoms with E-state index in [4.69, 9.17) is 4.42 Å². The SMILES string of the molecule is CNC(=O)NC(=O)CCN1C(=O)N[C@@](C)(c2cc3ccccc3o2)C1=O. The molecule has 2 heterocycles. The highest BCUT2D eigenvalue weighted by atomic mass is 16.3. The lowest BCUT2D eigenvalue weighted by atomic mass is 9.99. The van der Waals surface area contributed by atoms with Gasteiger partial charge >= 0.3 is 12.1 Å². The molecule has 6 amide bonds. The van der Waals surface area contributed by atoms with Gasteiger partial charge in [0.25, 0.3) is 5.91 Å². The molecule has 1 atom stereocenters. The van der Waals surface area contributed by atoms with Crippen molar-refractivity contribution in [2.24, 2.45) is 0 Å². The van der Waals surface area contributed by atoms with Crippen molar-refractivity contribution in [3.8, 4) is 0 Å². The largest absolute Gasteiger partial charge is 0.458 e. The summed E-state index contributed by atoms with van der Waals surface area (Å²) in [6.45, 7) is 1.40. The van der Waals surface area contributed by atoms with E-state index in [1.165, 1.54) is 7.05 Å². The number of hydrogen-bond acceptors (Lipinski definition) is 5. The maximum atomic E-state index is 12.8. The monoisotopic (exact) mass is 358 g/mol. The number of hydrogen-bond donors (Lipinski definition) is 3. The summed E-state index contributed by atoms with van der Waals surface area (Å²) in [4.78, 5) is 48.7. The fraction of sp³-hybridized carbons (Fsp3) is 0.294. The lowest BCUT2D eigenvalue weighted by molar-refractivity contribution is -0.131. The molecular weight excluding hydrogens is 340 g/mol. The Morgan fingerprint density at radius 2 is 2.00 bits per heavy atom. The van der Waals surface area contributed by atoms with Crippen molar-refractivity contribution < 1.29 is 23.6 Å². The summed E-state index contributed by atoms with van der Waals surface area (Å²) in [5.74, 6) is -0.800. The first-order chi connectivity index (χ1) is 12.3. The van der Waals surface area contributed by atoms with Crippen LogP contribution in [0.4, 0.5) is 9.59 Å². The minimum atomic E-state index is -1.35.